The number of nitrogens with two attached hydrogens (primary N) is 1. The van der Waals surface area contributed by atoms with Crippen LogP contribution in [0.3, 0.4) is 0 Å². The molecule has 128 valence electrons. The molecule has 4 rings (SSSR count). The van der Waals surface area contributed by atoms with Gasteiger partial charge in [-0.15, -0.1) is 0 Å². The van der Waals surface area contributed by atoms with E-state index in [1.54, 1.807) is 18.2 Å². The second kappa shape index (κ2) is 5.34. The zero-order chi connectivity index (χ0) is 17.8. The number of rotatable bonds is 3. The van der Waals surface area contributed by atoms with Crippen molar-refractivity contribution in [1.29, 1.82) is 0 Å². The average molecular weight is 359 g/mol. The second-order valence-electron chi connectivity index (χ2n) is 6.55. The molecule has 3 nitrogen and oxygen atoms in total. The molecule has 0 saturated heterocycles. The zero-order valence-electron chi connectivity index (χ0n) is 13.2. The maximum atomic E-state index is 13.7. The summed E-state index contributed by atoms with van der Waals surface area (Å²) in [5.41, 5.74) is 3.12. The summed E-state index contributed by atoms with van der Waals surface area (Å²) in [5, 5.41) is 5.13. The highest BCUT2D eigenvalue weighted by atomic mass is 32.2. The second-order valence-corrected chi connectivity index (χ2v) is 8.11. The molecule has 2 aromatic rings. The van der Waals surface area contributed by atoms with E-state index in [1.165, 1.54) is 18.2 Å². The number of halogens is 2. The van der Waals surface area contributed by atoms with Gasteiger partial charge in [0, 0.05) is 5.41 Å². The SMILES string of the molecule is NS(=O)(=O)c1ccc(C2=CC3(C=C2c2ccc(F)c(F)c2)CC3)cc1. The number of primary sulfonamides is 1. The summed E-state index contributed by atoms with van der Waals surface area (Å²) in [7, 11) is -3.76. The third kappa shape index (κ3) is 2.92. The third-order valence-electron chi connectivity index (χ3n) is 4.71. The first-order valence-corrected chi connectivity index (χ1v) is 9.37. The van der Waals surface area contributed by atoms with Crippen molar-refractivity contribution in [3.05, 3.63) is 77.4 Å². The van der Waals surface area contributed by atoms with E-state index in [0.717, 1.165) is 35.6 Å². The van der Waals surface area contributed by atoms with Crippen LogP contribution in [0.15, 0.2) is 59.5 Å². The van der Waals surface area contributed by atoms with Crippen molar-refractivity contribution < 1.29 is 17.2 Å². The van der Waals surface area contributed by atoms with Crippen LogP contribution in [0.2, 0.25) is 0 Å². The number of sulfonamides is 1. The molecular weight excluding hydrogens is 344 g/mol. The summed E-state index contributed by atoms with van der Waals surface area (Å²) in [5.74, 6) is -1.77. The van der Waals surface area contributed by atoms with E-state index in [0.29, 0.717) is 5.56 Å². The predicted octanol–water partition coefficient (Wildman–Crippen LogP) is 3.87. The van der Waals surface area contributed by atoms with Gasteiger partial charge in [0.2, 0.25) is 10.0 Å². The summed E-state index contributed by atoms with van der Waals surface area (Å²) in [6.45, 7) is 0. The van der Waals surface area contributed by atoms with E-state index < -0.39 is 21.7 Å². The Balaban J connectivity index is 1.78. The van der Waals surface area contributed by atoms with E-state index >= 15 is 0 Å². The fourth-order valence-electron chi connectivity index (χ4n) is 3.17. The Morgan fingerprint density at radius 3 is 1.92 bits per heavy atom. The molecule has 2 aliphatic rings. The Kier molecular flexibility index (Phi) is 3.46. The largest absolute Gasteiger partial charge is 0.238 e. The highest BCUT2D eigenvalue weighted by Gasteiger charge is 2.43. The van der Waals surface area contributed by atoms with Crippen molar-refractivity contribution in [3.8, 4) is 0 Å². The topological polar surface area (TPSA) is 60.2 Å². The van der Waals surface area contributed by atoms with Gasteiger partial charge in [0.25, 0.3) is 0 Å². The maximum absolute atomic E-state index is 13.7. The van der Waals surface area contributed by atoms with Crippen molar-refractivity contribution in [1.82, 2.24) is 0 Å². The number of hydrogen-bond donors (Lipinski definition) is 1. The third-order valence-corrected chi connectivity index (χ3v) is 5.63. The van der Waals surface area contributed by atoms with Gasteiger partial charge in [-0.2, -0.15) is 0 Å². The van der Waals surface area contributed by atoms with Gasteiger partial charge in [-0.25, -0.2) is 22.3 Å². The van der Waals surface area contributed by atoms with Gasteiger partial charge in [-0.05, 0) is 59.4 Å². The van der Waals surface area contributed by atoms with Gasteiger partial charge in [0.05, 0.1) is 4.90 Å². The van der Waals surface area contributed by atoms with Gasteiger partial charge in [-0.3, -0.25) is 0 Å². The fraction of sp³-hybridized carbons (Fsp3) is 0.158. The molecule has 0 aromatic heterocycles. The maximum Gasteiger partial charge on any atom is 0.238 e. The fourth-order valence-corrected chi connectivity index (χ4v) is 3.69. The lowest BCUT2D eigenvalue weighted by atomic mass is 9.95. The van der Waals surface area contributed by atoms with E-state index in [2.05, 4.69) is 12.2 Å². The van der Waals surface area contributed by atoms with Crippen LogP contribution >= 0.6 is 0 Å². The molecular formula is C19H15F2NO2S. The van der Waals surface area contributed by atoms with Crippen LogP contribution in [0.1, 0.15) is 24.0 Å². The summed E-state index contributed by atoms with van der Waals surface area (Å²) in [4.78, 5) is 0.0364. The van der Waals surface area contributed by atoms with Crippen molar-refractivity contribution in [2.24, 2.45) is 10.6 Å². The molecule has 0 bridgehead atoms. The summed E-state index contributed by atoms with van der Waals surface area (Å²) >= 11 is 0. The highest BCUT2D eigenvalue weighted by Crippen LogP contribution is 2.57. The molecule has 0 atom stereocenters. The molecule has 0 amide bonds. The first-order valence-electron chi connectivity index (χ1n) is 7.82. The molecule has 2 aliphatic carbocycles. The molecule has 1 saturated carbocycles. The van der Waals surface area contributed by atoms with Gasteiger partial charge in [0.15, 0.2) is 11.6 Å². The van der Waals surface area contributed by atoms with E-state index in [4.69, 9.17) is 5.14 Å². The Morgan fingerprint density at radius 1 is 0.840 bits per heavy atom. The van der Waals surface area contributed by atoms with Crippen LogP contribution < -0.4 is 5.14 Å². The standard InChI is InChI=1S/C19H15F2NO2S/c20-17-6-3-13(9-18(17)21)16-11-19(7-8-19)10-15(16)12-1-4-14(5-2-12)25(22,23)24/h1-6,9-11H,7-8H2,(H2,22,23,24). The van der Waals surface area contributed by atoms with Crippen LogP contribution in [0.5, 0.6) is 0 Å². The average Bonchev–Trinajstić information content (AvgIpc) is 3.20. The molecule has 0 aliphatic heterocycles. The van der Waals surface area contributed by atoms with Crippen LogP contribution in [-0.4, -0.2) is 8.42 Å². The lowest BCUT2D eigenvalue weighted by Crippen LogP contribution is -2.11. The van der Waals surface area contributed by atoms with Crippen LogP contribution in [0.25, 0.3) is 11.1 Å². The molecule has 2 N–H and O–H groups in total. The predicted molar refractivity (Wildman–Crippen MR) is 91.8 cm³/mol. The van der Waals surface area contributed by atoms with E-state index in [9.17, 15) is 17.2 Å². The van der Waals surface area contributed by atoms with Crippen molar-refractivity contribution in [3.63, 3.8) is 0 Å². The monoisotopic (exact) mass is 359 g/mol. The van der Waals surface area contributed by atoms with Crippen molar-refractivity contribution in [2.75, 3.05) is 0 Å². The highest BCUT2D eigenvalue weighted by molar-refractivity contribution is 7.89. The number of hydrogen-bond acceptors (Lipinski definition) is 2. The minimum Gasteiger partial charge on any atom is -0.225 e. The molecule has 0 heterocycles. The van der Waals surface area contributed by atoms with Crippen LogP contribution in [0, 0.1) is 17.0 Å². The molecule has 1 spiro atoms. The Labute approximate surface area is 144 Å². The zero-order valence-corrected chi connectivity index (χ0v) is 14.0. The number of allylic oxidation sites excluding steroid dienone is 4. The summed E-state index contributed by atoms with van der Waals surface area (Å²) in [6.07, 6.45) is 6.23. The van der Waals surface area contributed by atoms with Gasteiger partial charge < -0.3 is 0 Å². The Bertz CT molecular complexity index is 1030. The van der Waals surface area contributed by atoms with E-state index in [-0.39, 0.29) is 10.3 Å². The summed E-state index contributed by atoms with van der Waals surface area (Å²) < 4.78 is 49.7. The molecule has 0 radical (unpaired) electrons. The lowest BCUT2D eigenvalue weighted by Gasteiger charge is -2.10. The molecule has 2 aromatic carbocycles. The summed E-state index contributed by atoms with van der Waals surface area (Å²) in [6, 6.07) is 10.1. The minimum absolute atomic E-state index is 0.0197. The van der Waals surface area contributed by atoms with Crippen LogP contribution in [0.4, 0.5) is 8.78 Å². The Morgan fingerprint density at radius 2 is 1.40 bits per heavy atom. The van der Waals surface area contributed by atoms with Gasteiger partial charge in [-0.1, -0.05) is 30.4 Å². The Hall–Kier alpha value is -2.31. The molecule has 25 heavy (non-hydrogen) atoms. The quantitative estimate of drug-likeness (QED) is 0.904. The lowest BCUT2D eigenvalue weighted by molar-refractivity contribution is 0.508. The molecule has 1 fully saturated rings. The smallest absolute Gasteiger partial charge is 0.225 e. The van der Waals surface area contributed by atoms with Crippen LogP contribution in [-0.2, 0) is 10.0 Å². The minimum atomic E-state index is -3.76. The first-order chi connectivity index (χ1) is 11.8. The normalized spacial score (nSPS) is 18.2. The number of benzene rings is 2. The van der Waals surface area contributed by atoms with Crippen molar-refractivity contribution in [2.45, 2.75) is 17.7 Å². The van der Waals surface area contributed by atoms with Gasteiger partial charge >= 0.3 is 0 Å². The molecule has 6 heteroatoms. The van der Waals surface area contributed by atoms with Gasteiger partial charge in [0.1, 0.15) is 0 Å². The first kappa shape index (κ1) is 16.2. The molecule has 0 unspecified atom stereocenters. The van der Waals surface area contributed by atoms with Crippen molar-refractivity contribution >= 4 is 21.2 Å². The van der Waals surface area contributed by atoms with E-state index in [1.807, 2.05) is 0 Å².